The van der Waals surface area contributed by atoms with Gasteiger partial charge in [-0.1, -0.05) is 12.1 Å². The molecule has 0 aromatic heterocycles. The smallest absolute Gasteiger partial charge is 0.137 e. The van der Waals surface area contributed by atoms with E-state index in [4.69, 9.17) is 0 Å². The Labute approximate surface area is 127 Å². The summed E-state index contributed by atoms with van der Waals surface area (Å²) in [6.07, 6.45) is 0. The molecular formula is C16H18BrFN2. The molecule has 0 atom stereocenters. The first-order chi connectivity index (χ1) is 9.47. The van der Waals surface area contributed by atoms with Gasteiger partial charge < -0.3 is 10.2 Å². The summed E-state index contributed by atoms with van der Waals surface area (Å²) in [4.78, 5) is 2.07. The van der Waals surface area contributed by atoms with Gasteiger partial charge in [0.05, 0.1) is 4.47 Å². The highest BCUT2D eigenvalue weighted by Crippen LogP contribution is 2.24. The lowest BCUT2D eigenvalue weighted by Gasteiger charge is -2.14. The third kappa shape index (κ3) is 3.51. The quantitative estimate of drug-likeness (QED) is 0.879. The summed E-state index contributed by atoms with van der Waals surface area (Å²) in [5.74, 6) is -0.233. The zero-order valence-corrected chi connectivity index (χ0v) is 13.5. The highest BCUT2D eigenvalue weighted by Gasteiger charge is 2.05. The maximum Gasteiger partial charge on any atom is 0.137 e. The van der Waals surface area contributed by atoms with Crippen molar-refractivity contribution < 1.29 is 4.39 Å². The molecule has 0 heterocycles. The first-order valence-electron chi connectivity index (χ1n) is 6.43. The number of nitrogens with one attached hydrogen (secondary N) is 1. The average molecular weight is 337 g/mol. The molecule has 0 bridgehead atoms. The zero-order chi connectivity index (χ0) is 14.7. The van der Waals surface area contributed by atoms with Crippen molar-refractivity contribution in [1.82, 2.24) is 0 Å². The number of rotatable bonds is 4. The Balaban J connectivity index is 2.07. The van der Waals surface area contributed by atoms with E-state index in [9.17, 15) is 4.39 Å². The number of hydrogen-bond acceptors (Lipinski definition) is 2. The fourth-order valence-corrected chi connectivity index (χ4v) is 2.29. The van der Waals surface area contributed by atoms with Crippen LogP contribution >= 0.6 is 15.9 Å². The monoisotopic (exact) mass is 336 g/mol. The second kappa shape index (κ2) is 6.27. The van der Waals surface area contributed by atoms with Crippen molar-refractivity contribution >= 4 is 27.3 Å². The minimum absolute atomic E-state index is 0.233. The number of benzene rings is 2. The van der Waals surface area contributed by atoms with Crippen molar-refractivity contribution in [2.75, 3.05) is 24.3 Å². The highest BCUT2D eigenvalue weighted by molar-refractivity contribution is 9.10. The molecule has 2 nitrogen and oxygen atoms in total. The van der Waals surface area contributed by atoms with Crippen LogP contribution in [-0.2, 0) is 6.54 Å². The van der Waals surface area contributed by atoms with Gasteiger partial charge in [0.1, 0.15) is 5.82 Å². The Morgan fingerprint density at radius 2 is 1.80 bits per heavy atom. The SMILES string of the molecule is Cc1cc(F)c(Br)cc1NCc1ccc(N(C)C)cc1. The Kier molecular flexibility index (Phi) is 4.65. The lowest BCUT2D eigenvalue weighted by molar-refractivity contribution is 0.620. The van der Waals surface area contributed by atoms with Gasteiger partial charge in [-0.05, 0) is 58.2 Å². The molecule has 0 aliphatic heterocycles. The summed E-state index contributed by atoms with van der Waals surface area (Å²) in [6, 6.07) is 11.7. The second-order valence-electron chi connectivity index (χ2n) is 5.00. The molecule has 20 heavy (non-hydrogen) atoms. The van der Waals surface area contributed by atoms with Gasteiger partial charge in [0.15, 0.2) is 0 Å². The molecule has 2 aromatic carbocycles. The van der Waals surface area contributed by atoms with Crippen LogP contribution in [0.3, 0.4) is 0 Å². The Hall–Kier alpha value is -1.55. The van der Waals surface area contributed by atoms with E-state index in [0.29, 0.717) is 11.0 Å². The van der Waals surface area contributed by atoms with E-state index >= 15 is 0 Å². The number of hydrogen-bond donors (Lipinski definition) is 1. The molecule has 0 aliphatic carbocycles. The lowest BCUT2D eigenvalue weighted by atomic mass is 10.1. The lowest BCUT2D eigenvalue weighted by Crippen LogP contribution is -2.08. The summed E-state index contributed by atoms with van der Waals surface area (Å²) in [6.45, 7) is 2.61. The standard InChI is InChI=1S/C16H18BrFN2/c1-11-8-15(18)14(17)9-16(11)19-10-12-4-6-13(7-5-12)20(2)3/h4-9,19H,10H2,1-3H3. The van der Waals surface area contributed by atoms with Crippen LogP contribution in [0.25, 0.3) is 0 Å². The van der Waals surface area contributed by atoms with Crippen LogP contribution in [0.15, 0.2) is 40.9 Å². The summed E-state index contributed by atoms with van der Waals surface area (Å²) in [5, 5.41) is 3.34. The maximum atomic E-state index is 13.4. The van der Waals surface area contributed by atoms with Crippen molar-refractivity contribution in [3.63, 3.8) is 0 Å². The Bertz CT molecular complexity index is 594. The Morgan fingerprint density at radius 3 is 2.40 bits per heavy atom. The van der Waals surface area contributed by atoms with Gasteiger partial charge in [-0.25, -0.2) is 4.39 Å². The van der Waals surface area contributed by atoms with Crippen LogP contribution in [0.4, 0.5) is 15.8 Å². The zero-order valence-electron chi connectivity index (χ0n) is 11.9. The van der Waals surface area contributed by atoms with Crippen LogP contribution in [0.1, 0.15) is 11.1 Å². The van der Waals surface area contributed by atoms with Crippen LogP contribution in [0.5, 0.6) is 0 Å². The van der Waals surface area contributed by atoms with Crippen molar-refractivity contribution in [3.8, 4) is 0 Å². The topological polar surface area (TPSA) is 15.3 Å². The fourth-order valence-electron chi connectivity index (χ4n) is 1.95. The molecule has 0 aliphatic rings. The first kappa shape index (κ1) is 14.9. The van der Waals surface area contributed by atoms with Crippen LogP contribution in [-0.4, -0.2) is 14.1 Å². The van der Waals surface area contributed by atoms with Crippen LogP contribution in [0.2, 0.25) is 0 Å². The van der Waals surface area contributed by atoms with Gasteiger partial charge in [-0.2, -0.15) is 0 Å². The van der Waals surface area contributed by atoms with E-state index in [-0.39, 0.29) is 5.82 Å². The van der Waals surface area contributed by atoms with Gasteiger partial charge in [-0.15, -0.1) is 0 Å². The molecule has 0 saturated heterocycles. The summed E-state index contributed by atoms with van der Waals surface area (Å²) >= 11 is 3.21. The molecule has 106 valence electrons. The fraction of sp³-hybridized carbons (Fsp3) is 0.250. The highest BCUT2D eigenvalue weighted by atomic mass is 79.9. The predicted molar refractivity (Wildman–Crippen MR) is 86.9 cm³/mol. The van der Waals surface area contributed by atoms with Gasteiger partial charge in [-0.3, -0.25) is 0 Å². The summed E-state index contributed by atoms with van der Waals surface area (Å²) in [5.41, 5.74) is 4.20. The molecule has 1 N–H and O–H groups in total. The second-order valence-corrected chi connectivity index (χ2v) is 5.85. The van der Waals surface area contributed by atoms with E-state index in [0.717, 1.165) is 11.3 Å². The molecule has 0 spiro atoms. The molecule has 0 radical (unpaired) electrons. The molecule has 0 fully saturated rings. The van der Waals surface area contributed by atoms with E-state index in [1.807, 2.05) is 21.0 Å². The van der Waals surface area contributed by atoms with E-state index in [2.05, 4.69) is 50.4 Å². The molecular weight excluding hydrogens is 319 g/mol. The minimum atomic E-state index is -0.233. The molecule has 2 aromatic rings. The number of nitrogens with zero attached hydrogens (tertiary/aromatic N) is 1. The van der Waals surface area contributed by atoms with Crippen molar-refractivity contribution in [2.24, 2.45) is 0 Å². The first-order valence-corrected chi connectivity index (χ1v) is 7.22. The number of halogens is 2. The normalized spacial score (nSPS) is 10.4. The molecule has 0 unspecified atom stereocenters. The minimum Gasteiger partial charge on any atom is -0.381 e. The van der Waals surface area contributed by atoms with Crippen LogP contribution < -0.4 is 10.2 Å². The van der Waals surface area contributed by atoms with Gasteiger partial charge in [0, 0.05) is 32.0 Å². The van der Waals surface area contributed by atoms with Gasteiger partial charge >= 0.3 is 0 Å². The molecule has 2 rings (SSSR count). The third-order valence-corrected chi connectivity index (χ3v) is 3.81. The molecule has 0 amide bonds. The summed E-state index contributed by atoms with van der Waals surface area (Å²) < 4.78 is 13.8. The van der Waals surface area contributed by atoms with E-state index in [1.165, 1.54) is 17.3 Å². The molecule has 4 heteroatoms. The number of aryl methyl sites for hydroxylation is 1. The average Bonchev–Trinajstić information content (AvgIpc) is 2.42. The van der Waals surface area contributed by atoms with Crippen LogP contribution in [0, 0.1) is 12.7 Å². The van der Waals surface area contributed by atoms with Crippen molar-refractivity contribution in [3.05, 3.63) is 57.8 Å². The van der Waals surface area contributed by atoms with E-state index in [1.54, 1.807) is 6.07 Å². The van der Waals surface area contributed by atoms with Gasteiger partial charge in [0.25, 0.3) is 0 Å². The third-order valence-electron chi connectivity index (χ3n) is 3.20. The predicted octanol–water partition coefficient (Wildman–Crippen LogP) is 4.57. The number of anilines is 2. The largest absolute Gasteiger partial charge is 0.381 e. The summed E-state index contributed by atoms with van der Waals surface area (Å²) in [7, 11) is 4.04. The molecule has 0 saturated carbocycles. The van der Waals surface area contributed by atoms with E-state index < -0.39 is 0 Å². The van der Waals surface area contributed by atoms with Gasteiger partial charge in [0.2, 0.25) is 0 Å². The Morgan fingerprint density at radius 1 is 1.15 bits per heavy atom. The van der Waals surface area contributed by atoms with Crippen molar-refractivity contribution in [2.45, 2.75) is 13.5 Å². The van der Waals surface area contributed by atoms with Crippen molar-refractivity contribution in [1.29, 1.82) is 0 Å². The maximum absolute atomic E-state index is 13.4.